The van der Waals surface area contributed by atoms with Gasteiger partial charge < -0.3 is 5.32 Å². The molecule has 9 heteroatoms. The van der Waals surface area contributed by atoms with Gasteiger partial charge in [0.25, 0.3) is 5.91 Å². The zero-order valence-corrected chi connectivity index (χ0v) is 18.1. The molecular formula is C20H19Cl2N3O3S. The number of hydrogen-bond acceptors (Lipinski definition) is 4. The van der Waals surface area contributed by atoms with Crippen LogP contribution in [0.2, 0.25) is 10.0 Å². The van der Waals surface area contributed by atoms with Crippen molar-refractivity contribution in [2.75, 3.05) is 18.4 Å². The van der Waals surface area contributed by atoms with Gasteiger partial charge in [0, 0.05) is 30.2 Å². The van der Waals surface area contributed by atoms with Crippen LogP contribution in [-0.4, -0.2) is 36.7 Å². The third-order valence-corrected chi connectivity index (χ3v) is 7.34. The van der Waals surface area contributed by atoms with Crippen LogP contribution in [0.25, 0.3) is 10.9 Å². The Morgan fingerprint density at radius 3 is 2.45 bits per heavy atom. The first-order chi connectivity index (χ1) is 13.8. The van der Waals surface area contributed by atoms with Gasteiger partial charge >= 0.3 is 0 Å². The van der Waals surface area contributed by atoms with Crippen molar-refractivity contribution in [2.45, 2.75) is 18.7 Å². The van der Waals surface area contributed by atoms with Gasteiger partial charge in [0.15, 0.2) is 0 Å². The van der Waals surface area contributed by atoms with Gasteiger partial charge in [-0.15, -0.1) is 0 Å². The molecule has 0 bridgehead atoms. The number of benzene rings is 2. The predicted molar refractivity (Wildman–Crippen MR) is 116 cm³/mol. The van der Waals surface area contributed by atoms with E-state index in [4.69, 9.17) is 23.2 Å². The number of nitrogens with zero attached hydrogens (tertiary/aromatic N) is 2. The van der Waals surface area contributed by atoms with Crippen LogP contribution in [0.15, 0.2) is 53.6 Å². The third kappa shape index (κ3) is 4.23. The topological polar surface area (TPSA) is 79.4 Å². The van der Waals surface area contributed by atoms with Crippen molar-refractivity contribution in [3.63, 3.8) is 0 Å². The van der Waals surface area contributed by atoms with Crippen LogP contribution in [0.4, 0.5) is 5.69 Å². The maximum atomic E-state index is 12.8. The number of nitrogens with one attached hydrogen (secondary N) is 1. The Morgan fingerprint density at radius 1 is 1.07 bits per heavy atom. The summed E-state index contributed by atoms with van der Waals surface area (Å²) in [6.45, 7) is 4.08. The highest BCUT2D eigenvalue weighted by Gasteiger charge is 2.25. The van der Waals surface area contributed by atoms with Gasteiger partial charge in [0.1, 0.15) is 4.90 Å². The number of anilines is 1. The molecular weight excluding hydrogens is 433 g/mol. The molecule has 0 atom stereocenters. The van der Waals surface area contributed by atoms with E-state index in [0.717, 1.165) is 0 Å². The molecule has 29 heavy (non-hydrogen) atoms. The lowest BCUT2D eigenvalue weighted by Crippen LogP contribution is -2.31. The van der Waals surface area contributed by atoms with Crippen LogP contribution >= 0.6 is 23.2 Å². The minimum absolute atomic E-state index is 0.0621. The largest absolute Gasteiger partial charge is 0.320 e. The first-order valence-corrected chi connectivity index (χ1v) is 11.1. The third-order valence-electron chi connectivity index (χ3n) is 4.48. The summed E-state index contributed by atoms with van der Waals surface area (Å²) in [5, 5.41) is 4.05. The van der Waals surface area contributed by atoms with Crippen molar-refractivity contribution in [1.29, 1.82) is 0 Å². The number of aromatic nitrogens is 1. The fourth-order valence-corrected chi connectivity index (χ4v) is 5.15. The van der Waals surface area contributed by atoms with Crippen LogP contribution in [0.5, 0.6) is 0 Å². The van der Waals surface area contributed by atoms with E-state index < -0.39 is 15.9 Å². The van der Waals surface area contributed by atoms with E-state index in [1.165, 1.54) is 22.5 Å². The Kier molecular flexibility index (Phi) is 6.43. The second kappa shape index (κ2) is 8.67. The van der Waals surface area contributed by atoms with Gasteiger partial charge in [-0.1, -0.05) is 37.0 Å². The number of carbonyl (C=O) groups is 1. The highest BCUT2D eigenvalue weighted by atomic mass is 35.5. The molecule has 0 spiro atoms. The fraction of sp³-hybridized carbons (Fsp3) is 0.200. The molecule has 0 radical (unpaired) electrons. The van der Waals surface area contributed by atoms with Crippen LogP contribution < -0.4 is 5.32 Å². The van der Waals surface area contributed by atoms with E-state index >= 15 is 0 Å². The molecule has 2 aromatic carbocycles. The average molecular weight is 452 g/mol. The predicted octanol–water partition coefficient (Wildman–Crippen LogP) is 4.82. The van der Waals surface area contributed by atoms with Crippen molar-refractivity contribution in [3.05, 3.63) is 64.3 Å². The van der Waals surface area contributed by atoms with E-state index in [2.05, 4.69) is 10.3 Å². The Morgan fingerprint density at radius 2 is 1.76 bits per heavy atom. The van der Waals surface area contributed by atoms with Crippen molar-refractivity contribution >= 4 is 55.7 Å². The Balaban J connectivity index is 1.99. The Hall–Kier alpha value is -2.19. The van der Waals surface area contributed by atoms with E-state index in [1.54, 1.807) is 44.3 Å². The molecule has 1 heterocycles. The highest BCUT2D eigenvalue weighted by Crippen LogP contribution is 2.29. The van der Waals surface area contributed by atoms with Gasteiger partial charge in [-0.3, -0.25) is 9.78 Å². The van der Waals surface area contributed by atoms with Gasteiger partial charge in [-0.25, -0.2) is 8.42 Å². The first kappa shape index (κ1) is 21.5. The quantitative estimate of drug-likeness (QED) is 0.582. The van der Waals surface area contributed by atoms with E-state index in [9.17, 15) is 13.2 Å². The molecule has 152 valence electrons. The summed E-state index contributed by atoms with van der Waals surface area (Å²) >= 11 is 12.3. The number of fused-ring (bicyclic) bond motifs is 1. The normalized spacial score (nSPS) is 11.8. The molecule has 0 fully saturated rings. The first-order valence-electron chi connectivity index (χ1n) is 8.93. The Labute approximate surface area is 179 Å². The molecule has 3 aromatic rings. The maximum absolute atomic E-state index is 12.8. The summed E-state index contributed by atoms with van der Waals surface area (Å²) in [5.74, 6) is -0.480. The Bertz CT molecular complexity index is 1180. The number of hydrogen-bond donors (Lipinski definition) is 1. The zero-order chi connectivity index (χ0) is 21.2. The highest BCUT2D eigenvalue weighted by molar-refractivity contribution is 7.89. The van der Waals surface area contributed by atoms with E-state index in [0.29, 0.717) is 34.7 Å². The molecule has 0 unspecified atom stereocenters. The van der Waals surface area contributed by atoms with E-state index in [-0.39, 0.29) is 15.5 Å². The SMILES string of the molecule is CCN(CC)S(=O)(=O)c1cc(C(=O)Nc2ccc(Cl)c3cccnc23)ccc1Cl. The number of amides is 1. The lowest BCUT2D eigenvalue weighted by Gasteiger charge is -2.19. The molecule has 1 aromatic heterocycles. The standard InChI is InChI=1S/C20H19Cl2N3O3S/c1-3-25(4-2)29(27,28)18-12-13(7-8-16(18)22)20(26)24-17-10-9-15(21)14-6-5-11-23-19(14)17/h5-12H,3-4H2,1-2H3,(H,24,26). The molecule has 0 saturated heterocycles. The van der Waals surface area contributed by atoms with Gasteiger partial charge in [0.2, 0.25) is 10.0 Å². The maximum Gasteiger partial charge on any atom is 0.255 e. The number of carbonyl (C=O) groups excluding carboxylic acids is 1. The van der Waals surface area contributed by atoms with E-state index in [1.807, 2.05) is 0 Å². The van der Waals surface area contributed by atoms with Crippen LogP contribution in [0.1, 0.15) is 24.2 Å². The molecule has 6 nitrogen and oxygen atoms in total. The summed E-state index contributed by atoms with van der Waals surface area (Å²) in [5.41, 5.74) is 1.18. The zero-order valence-electron chi connectivity index (χ0n) is 15.8. The molecule has 0 aliphatic heterocycles. The minimum Gasteiger partial charge on any atom is -0.320 e. The second-order valence-corrected chi connectivity index (χ2v) is 8.90. The molecule has 3 rings (SSSR count). The lowest BCUT2D eigenvalue weighted by atomic mass is 10.1. The van der Waals surface area contributed by atoms with Gasteiger partial charge in [-0.2, -0.15) is 4.31 Å². The summed E-state index contributed by atoms with van der Waals surface area (Å²) in [7, 11) is -3.81. The fourth-order valence-electron chi connectivity index (χ4n) is 2.98. The van der Waals surface area contributed by atoms with Crippen LogP contribution in [0, 0.1) is 0 Å². The number of sulfonamides is 1. The molecule has 0 aliphatic carbocycles. The smallest absolute Gasteiger partial charge is 0.255 e. The van der Waals surface area contributed by atoms with Crippen molar-refractivity contribution in [3.8, 4) is 0 Å². The minimum atomic E-state index is -3.81. The monoisotopic (exact) mass is 451 g/mol. The van der Waals surface area contributed by atoms with Gasteiger partial charge in [0.05, 0.1) is 21.2 Å². The molecule has 0 aliphatic rings. The summed E-state index contributed by atoms with van der Waals surface area (Å²) in [4.78, 5) is 17.0. The second-order valence-electron chi connectivity index (χ2n) is 6.18. The van der Waals surface area contributed by atoms with Crippen molar-refractivity contribution < 1.29 is 13.2 Å². The van der Waals surface area contributed by atoms with Crippen molar-refractivity contribution in [1.82, 2.24) is 9.29 Å². The van der Waals surface area contributed by atoms with Gasteiger partial charge in [-0.05, 0) is 42.5 Å². The summed E-state index contributed by atoms with van der Waals surface area (Å²) < 4.78 is 27.0. The number of pyridine rings is 1. The molecule has 0 saturated carbocycles. The number of halogens is 2. The number of rotatable bonds is 6. The van der Waals surface area contributed by atoms with Crippen molar-refractivity contribution in [2.24, 2.45) is 0 Å². The average Bonchev–Trinajstić information content (AvgIpc) is 2.71. The van der Waals surface area contributed by atoms with Crippen LogP contribution in [-0.2, 0) is 10.0 Å². The lowest BCUT2D eigenvalue weighted by molar-refractivity contribution is 0.102. The van der Waals surface area contributed by atoms with Crippen LogP contribution in [0.3, 0.4) is 0 Å². The molecule has 1 amide bonds. The summed E-state index contributed by atoms with van der Waals surface area (Å²) in [6.07, 6.45) is 1.60. The molecule has 1 N–H and O–H groups in total. The summed E-state index contributed by atoms with van der Waals surface area (Å²) in [6, 6.07) is 11.0.